The van der Waals surface area contributed by atoms with Crippen LogP contribution in [0.1, 0.15) is 53.4 Å². The van der Waals surface area contributed by atoms with E-state index in [2.05, 4.69) is 50.5 Å². The summed E-state index contributed by atoms with van der Waals surface area (Å²) in [7, 11) is 0. The molecule has 0 unspecified atom stereocenters. The van der Waals surface area contributed by atoms with Gasteiger partial charge < -0.3 is 10.6 Å². The van der Waals surface area contributed by atoms with Crippen molar-refractivity contribution in [3.8, 4) is 0 Å². The van der Waals surface area contributed by atoms with E-state index in [1.54, 1.807) is 0 Å². The molecule has 0 heterocycles. The van der Waals surface area contributed by atoms with Crippen LogP contribution in [0.2, 0.25) is 0 Å². The number of allylic oxidation sites excluding steroid dienone is 2. The van der Waals surface area contributed by atoms with Gasteiger partial charge in [-0.05, 0) is 37.8 Å². The summed E-state index contributed by atoms with van der Waals surface area (Å²) in [5, 5.41) is 6.98. The molecule has 0 aromatic carbocycles. The molecule has 1 rings (SSSR count). The van der Waals surface area contributed by atoms with Crippen LogP contribution < -0.4 is 10.6 Å². The molecule has 1 aliphatic rings. The molecule has 124 valence electrons. The summed E-state index contributed by atoms with van der Waals surface area (Å²) in [5.41, 5.74) is 4.30. The fourth-order valence-corrected chi connectivity index (χ4v) is 2.11. The Bertz CT molecular complexity index is 402. The van der Waals surface area contributed by atoms with Gasteiger partial charge in [-0.15, -0.1) is 0 Å². The molecular weight excluding hydrogens is 272 g/mol. The summed E-state index contributed by atoms with van der Waals surface area (Å²) in [6.45, 7) is 12.3. The Hall–Kier alpha value is -1.58. The van der Waals surface area contributed by atoms with Gasteiger partial charge in [0, 0.05) is 26.2 Å². The lowest BCUT2D eigenvalue weighted by Crippen LogP contribution is -2.30. The summed E-state index contributed by atoms with van der Waals surface area (Å²) in [4.78, 5) is 9.45. The molecule has 22 heavy (non-hydrogen) atoms. The Labute approximate surface area is 135 Å². The normalized spacial score (nSPS) is 18.4. The molecule has 0 aliphatic heterocycles. The molecule has 0 amide bonds. The highest BCUT2D eigenvalue weighted by molar-refractivity contribution is 6.23. The van der Waals surface area contributed by atoms with Gasteiger partial charge in [0.15, 0.2) is 0 Å². The highest BCUT2D eigenvalue weighted by Gasteiger charge is 2.16. The third kappa shape index (κ3) is 6.04. The van der Waals surface area contributed by atoms with E-state index in [-0.39, 0.29) is 0 Å². The fourth-order valence-electron chi connectivity index (χ4n) is 2.11. The van der Waals surface area contributed by atoms with Crippen LogP contribution >= 0.6 is 0 Å². The van der Waals surface area contributed by atoms with Crippen LogP contribution in [0.5, 0.6) is 0 Å². The zero-order valence-corrected chi connectivity index (χ0v) is 14.7. The molecule has 1 aliphatic carbocycles. The van der Waals surface area contributed by atoms with E-state index < -0.39 is 0 Å². The zero-order chi connectivity index (χ0) is 16.2. The smallest absolute Gasteiger partial charge is 0.0827 e. The third-order valence-electron chi connectivity index (χ3n) is 3.26. The number of nitrogens with zero attached hydrogens (tertiary/aromatic N) is 2. The molecule has 4 heteroatoms. The van der Waals surface area contributed by atoms with E-state index in [4.69, 9.17) is 9.98 Å². The second kappa shape index (κ2) is 11.0. The second-order valence-electron chi connectivity index (χ2n) is 5.50. The highest BCUT2D eigenvalue weighted by Crippen LogP contribution is 2.12. The Kier molecular flexibility index (Phi) is 9.28. The van der Waals surface area contributed by atoms with Gasteiger partial charge in [-0.3, -0.25) is 9.98 Å². The van der Waals surface area contributed by atoms with E-state index >= 15 is 0 Å². The Balaban J connectivity index is 3.04. The predicted molar refractivity (Wildman–Crippen MR) is 97.9 cm³/mol. The van der Waals surface area contributed by atoms with Crippen LogP contribution in [-0.4, -0.2) is 37.6 Å². The van der Waals surface area contributed by atoms with Gasteiger partial charge in [-0.2, -0.15) is 0 Å². The molecule has 0 bridgehead atoms. The van der Waals surface area contributed by atoms with Crippen LogP contribution in [0.3, 0.4) is 0 Å². The fraction of sp³-hybridized carbons (Fsp3) is 0.667. The molecule has 0 saturated carbocycles. The number of rotatable bonds is 10. The molecule has 0 saturated heterocycles. The molecular formula is C18H32N4. The van der Waals surface area contributed by atoms with Crippen molar-refractivity contribution < 1.29 is 0 Å². The van der Waals surface area contributed by atoms with E-state index in [0.717, 1.165) is 74.7 Å². The molecule has 0 aromatic heterocycles. The molecule has 0 radical (unpaired) electrons. The first-order valence-electron chi connectivity index (χ1n) is 8.77. The summed E-state index contributed by atoms with van der Waals surface area (Å²) in [6, 6.07) is 0. The van der Waals surface area contributed by atoms with Crippen molar-refractivity contribution in [3.05, 3.63) is 23.5 Å². The molecule has 0 spiro atoms. The topological polar surface area (TPSA) is 48.8 Å². The van der Waals surface area contributed by atoms with E-state index in [0.29, 0.717) is 0 Å². The Morgan fingerprint density at radius 1 is 0.682 bits per heavy atom. The van der Waals surface area contributed by atoms with Crippen molar-refractivity contribution in [1.82, 2.24) is 10.6 Å². The summed E-state index contributed by atoms with van der Waals surface area (Å²) in [6.07, 6.45) is 8.63. The van der Waals surface area contributed by atoms with Crippen molar-refractivity contribution >= 4 is 11.4 Å². The Morgan fingerprint density at radius 3 is 1.41 bits per heavy atom. The molecule has 0 aromatic rings. The van der Waals surface area contributed by atoms with Crippen molar-refractivity contribution in [2.75, 3.05) is 26.2 Å². The number of aliphatic imine (C=N–C) groups is 2. The maximum atomic E-state index is 4.72. The summed E-state index contributed by atoms with van der Waals surface area (Å²) in [5.74, 6) is 0. The number of hydrogen-bond acceptors (Lipinski definition) is 4. The third-order valence-corrected chi connectivity index (χ3v) is 3.26. The standard InChI is InChI=1S/C18H32N4/c1-5-9-19-15-13-17(21-11-7-3)18(22-12-8-4)14-16(15)20-10-6-2/h13-14,19,22H,5-12H2,1-4H3. The van der Waals surface area contributed by atoms with Crippen LogP contribution in [0, 0.1) is 0 Å². The van der Waals surface area contributed by atoms with E-state index in [9.17, 15) is 0 Å². The van der Waals surface area contributed by atoms with Crippen molar-refractivity contribution in [1.29, 1.82) is 0 Å². The Morgan fingerprint density at radius 2 is 1.09 bits per heavy atom. The van der Waals surface area contributed by atoms with Gasteiger partial charge in [-0.25, -0.2) is 0 Å². The summed E-state index contributed by atoms with van der Waals surface area (Å²) < 4.78 is 0. The minimum atomic E-state index is 0.861. The van der Waals surface area contributed by atoms with Crippen LogP contribution in [0.4, 0.5) is 0 Å². The highest BCUT2D eigenvalue weighted by atomic mass is 15.0. The van der Waals surface area contributed by atoms with E-state index in [1.807, 2.05) is 0 Å². The maximum Gasteiger partial charge on any atom is 0.0827 e. The van der Waals surface area contributed by atoms with Gasteiger partial charge in [-0.1, -0.05) is 27.7 Å². The maximum absolute atomic E-state index is 4.72. The average molecular weight is 304 g/mol. The van der Waals surface area contributed by atoms with Gasteiger partial charge >= 0.3 is 0 Å². The first-order valence-corrected chi connectivity index (χ1v) is 8.77. The average Bonchev–Trinajstić information content (AvgIpc) is 2.55. The van der Waals surface area contributed by atoms with Gasteiger partial charge in [0.2, 0.25) is 0 Å². The van der Waals surface area contributed by atoms with Crippen molar-refractivity contribution in [3.63, 3.8) is 0 Å². The largest absolute Gasteiger partial charge is 0.383 e. The van der Waals surface area contributed by atoms with Crippen LogP contribution in [-0.2, 0) is 0 Å². The van der Waals surface area contributed by atoms with Crippen molar-refractivity contribution in [2.24, 2.45) is 9.98 Å². The predicted octanol–water partition coefficient (Wildman–Crippen LogP) is 3.47. The minimum Gasteiger partial charge on any atom is -0.383 e. The first-order chi connectivity index (χ1) is 10.8. The molecule has 2 N–H and O–H groups in total. The molecule has 0 fully saturated rings. The lowest BCUT2D eigenvalue weighted by Gasteiger charge is -2.20. The number of nitrogens with one attached hydrogen (secondary N) is 2. The van der Waals surface area contributed by atoms with Gasteiger partial charge in [0.1, 0.15) is 0 Å². The van der Waals surface area contributed by atoms with Gasteiger partial charge in [0.05, 0.1) is 22.8 Å². The summed E-state index contributed by atoms with van der Waals surface area (Å²) >= 11 is 0. The SMILES string of the molecule is CCCN=C1C=C(NCCC)C(=NCCC)C=C1NCCC. The minimum absolute atomic E-state index is 0.861. The second-order valence-corrected chi connectivity index (χ2v) is 5.50. The quantitative estimate of drug-likeness (QED) is 0.607. The monoisotopic (exact) mass is 304 g/mol. The molecule has 4 nitrogen and oxygen atoms in total. The van der Waals surface area contributed by atoms with Crippen LogP contribution in [0.15, 0.2) is 33.5 Å². The number of hydrogen-bond donors (Lipinski definition) is 2. The van der Waals surface area contributed by atoms with E-state index in [1.165, 1.54) is 0 Å². The zero-order valence-electron chi connectivity index (χ0n) is 14.7. The first kappa shape index (κ1) is 18.5. The van der Waals surface area contributed by atoms with Gasteiger partial charge in [0.25, 0.3) is 0 Å². The lowest BCUT2D eigenvalue weighted by atomic mass is 10.0. The van der Waals surface area contributed by atoms with Crippen molar-refractivity contribution in [2.45, 2.75) is 53.4 Å². The lowest BCUT2D eigenvalue weighted by molar-refractivity contribution is 0.779. The molecule has 0 atom stereocenters. The van der Waals surface area contributed by atoms with Crippen LogP contribution in [0.25, 0.3) is 0 Å².